The molecule has 1 saturated carbocycles. The van der Waals surface area contributed by atoms with Crippen LogP contribution in [-0.2, 0) is 0 Å². The number of halogens is 2. The number of hydrogen-bond acceptors (Lipinski definition) is 2. The normalized spacial score (nSPS) is 21.6. The molecule has 0 amide bonds. The molecule has 98 valence electrons. The van der Waals surface area contributed by atoms with Crippen molar-refractivity contribution in [2.75, 3.05) is 0 Å². The van der Waals surface area contributed by atoms with Gasteiger partial charge >= 0.3 is 5.97 Å². The van der Waals surface area contributed by atoms with Gasteiger partial charge < -0.3 is 9.67 Å². The fourth-order valence-electron chi connectivity index (χ4n) is 2.19. The van der Waals surface area contributed by atoms with E-state index in [1.54, 1.807) is 0 Å². The third kappa shape index (κ3) is 1.80. The van der Waals surface area contributed by atoms with E-state index in [0.717, 1.165) is 18.3 Å². The molecule has 1 heterocycles. The summed E-state index contributed by atoms with van der Waals surface area (Å²) in [6, 6.07) is 2.90. The van der Waals surface area contributed by atoms with Crippen LogP contribution in [0.5, 0.6) is 0 Å². The van der Waals surface area contributed by atoms with Crippen LogP contribution in [-0.4, -0.2) is 21.8 Å². The largest absolute Gasteiger partial charge is 0.477 e. The van der Waals surface area contributed by atoms with Crippen molar-refractivity contribution < 1.29 is 18.7 Å². The van der Waals surface area contributed by atoms with Crippen LogP contribution >= 0.6 is 0 Å². The lowest BCUT2D eigenvalue weighted by molar-refractivity contribution is 0.0694. The average molecular weight is 265 g/mol. The molecule has 1 aliphatic rings. The van der Waals surface area contributed by atoms with Crippen LogP contribution in [0.15, 0.2) is 29.2 Å². The van der Waals surface area contributed by atoms with Crippen molar-refractivity contribution >= 4 is 16.9 Å². The molecule has 1 fully saturated rings. The fraction of sp³-hybridized carbons (Fsp3) is 0.231. The van der Waals surface area contributed by atoms with Gasteiger partial charge in [0.15, 0.2) is 0 Å². The van der Waals surface area contributed by atoms with E-state index < -0.39 is 35.0 Å². The number of carboxylic acid groups (broad SMARTS) is 1. The van der Waals surface area contributed by atoms with Crippen molar-refractivity contribution in [3.8, 4) is 0 Å². The van der Waals surface area contributed by atoms with Crippen molar-refractivity contribution in [3.63, 3.8) is 0 Å². The summed E-state index contributed by atoms with van der Waals surface area (Å²) in [7, 11) is 0. The minimum atomic E-state index is -1.37. The Labute approximate surface area is 105 Å². The topological polar surface area (TPSA) is 59.3 Å². The average Bonchev–Trinajstić information content (AvgIpc) is 3.06. The summed E-state index contributed by atoms with van der Waals surface area (Å²) >= 11 is 0. The summed E-state index contributed by atoms with van der Waals surface area (Å²) in [6.07, 6.45) is 0.250. The number of nitrogens with zero attached hydrogens (tertiary/aromatic N) is 1. The summed E-state index contributed by atoms with van der Waals surface area (Å²) in [5, 5.41) is 9.07. The van der Waals surface area contributed by atoms with Crippen molar-refractivity contribution in [1.82, 2.24) is 4.57 Å². The minimum absolute atomic E-state index is 0.0837. The first-order chi connectivity index (χ1) is 8.99. The number of hydrogen-bond donors (Lipinski definition) is 1. The molecule has 0 aliphatic heterocycles. The van der Waals surface area contributed by atoms with Gasteiger partial charge in [0.2, 0.25) is 5.43 Å². The Balaban J connectivity index is 2.39. The van der Waals surface area contributed by atoms with E-state index in [1.165, 1.54) is 10.6 Å². The maximum atomic E-state index is 13.3. The first kappa shape index (κ1) is 11.8. The van der Waals surface area contributed by atoms with E-state index in [-0.39, 0.29) is 17.3 Å². The lowest BCUT2D eigenvalue weighted by Crippen LogP contribution is -2.19. The highest BCUT2D eigenvalue weighted by atomic mass is 19.1. The molecule has 1 aliphatic carbocycles. The van der Waals surface area contributed by atoms with Gasteiger partial charge in [-0.1, -0.05) is 0 Å². The standard InChI is InChI=1S/C13H9F2NO3/c14-6-1-2-7-10(3-6)16(11-4-9(11)15)5-8(12(7)17)13(18)19/h1-3,5,9,11H,4H2,(H,18,19)/t9-,11+/m1/s1. The number of pyridine rings is 1. The number of alkyl halides is 1. The number of rotatable bonds is 2. The molecule has 0 spiro atoms. The van der Waals surface area contributed by atoms with Gasteiger partial charge in [0.25, 0.3) is 0 Å². The molecule has 4 nitrogen and oxygen atoms in total. The Bertz CT molecular complexity index is 753. The van der Waals surface area contributed by atoms with Gasteiger partial charge in [-0.15, -0.1) is 0 Å². The maximum absolute atomic E-state index is 13.3. The highest BCUT2D eigenvalue weighted by molar-refractivity contribution is 5.92. The highest BCUT2D eigenvalue weighted by Gasteiger charge is 2.40. The summed E-state index contributed by atoms with van der Waals surface area (Å²) in [4.78, 5) is 23.0. The Hall–Kier alpha value is -2.24. The predicted octanol–water partition coefficient (Wildman–Crippen LogP) is 2.12. The molecule has 2 atom stereocenters. The third-order valence-corrected chi connectivity index (χ3v) is 3.26. The summed E-state index contributed by atoms with van der Waals surface area (Å²) in [5.74, 6) is -1.93. The molecule has 19 heavy (non-hydrogen) atoms. The second-order valence-corrected chi connectivity index (χ2v) is 4.56. The number of aromatic nitrogens is 1. The first-order valence-electron chi connectivity index (χ1n) is 5.71. The molecule has 3 rings (SSSR count). The Morgan fingerprint density at radius 3 is 2.68 bits per heavy atom. The number of aromatic carboxylic acids is 1. The fourth-order valence-corrected chi connectivity index (χ4v) is 2.19. The van der Waals surface area contributed by atoms with E-state index in [4.69, 9.17) is 5.11 Å². The Morgan fingerprint density at radius 2 is 2.11 bits per heavy atom. The van der Waals surface area contributed by atoms with Gasteiger partial charge in [-0.25, -0.2) is 13.6 Å². The van der Waals surface area contributed by atoms with Crippen molar-refractivity contribution in [2.24, 2.45) is 0 Å². The van der Waals surface area contributed by atoms with Crippen LogP contribution in [0.4, 0.5) is 8.78 Å². The van der Waals surface area contributed by atoms with E-state index in [9.17, 15) is 18.4 Å². The lowest BCUT2D eigenvalue weighted by Gasteiger charge is -2.11. The molecule has 0 radical (unpaired) electrons. The molecule has 1 N–H and O–H groups in total. The lowest BCUT2D eigenvalue weighted by atomic mass is 10.1. The monoisotopic (exact) mass is 265 g/mol. The number of carboxylic acids is 1. The minimum Gasteiger partial charge on any atom is -0.477 e. The SMILES string of the molecule is O=C(O)c1cn([C@H]2C[C@H]2F)c2cc(F)ccc2c1=O. The van der Waals surface area contributed by atoms with Gasteiger partial charge in [0.05, 0.1) is 11.6 Å². The third-order valence-electron chi connectivity index (χ3n) is 3.26. The molecule has 1 aromatic heterocycles. The zero-order chi connectivity index (χ0) is 13.7. The van der Waals surface area contributed by atoms with Gasteiger partial charge in [0, 0.05) is 18.0 Å². The van der Waals surface area contributed by atoms with Gasteiger partial charge in [-0.3, -0.25) is 4.79 Å². The Morgan fingerprint density at radius 1 is 1.42 bits per heavy atom. The number of carbonyl (C=O) groups is 1. The first-order valence-corrected chi connectivity index (χ1v) is 5.71. The van der Waals surface area contributed by atoms with E-state index in [0.29, 0.717) is 0 Å². The predicted molar refractivity (Wildman–Crippen MR) is 63.7 cm³/mol. The van der Waals surface area contributed by atoms with Crippen LogP contribution < -0.4 is 5.43 Å². The quantitative estimate of drug-likeness (QED) is 0.904. The van der Waals surface area contributed by atoms with Crippen molar-refractivity contribution in [1.29, 1.82) is 0 Å². The zero-order valence-electron chi connectivity index (χ0n) is 9.64. The van der Waals surface area contributed by atoms with Crippen LogP contribution in [0.25, 0.3) is 10.9 Å². The van der Waals surface area contributed by atoms with Crippen LogP contribution in [0.2, 0.25) is 0 Å². The number of fused-ring (bicyclic) bond motifs is 1. The maximum Gasteiger partial charge on any atom is 0.341 e. The van der Waals surface area contributed by atoms with Gasteiger partial charge in [-0.05, 0) is 18.2 Å². The molecule has 1 aromatic carbocycles. The van der Waals surface area contributed by atoms with E-state index in [1.807, 2.05) is 0 Å². The smallest absolute Gasteiger partial charge is 0.341 e. The Kier molecular flexibility index (Phi) is 2.41. The molecule has 0 unspecified atom stereocenters. The van der Waals surface area contributed by atoms with Crippen molar-refractivity contribution in [3.05, 3.63) is 46.0 Å². The molecule has 0 saturated heterocycles. The second kappa shape index (κ2) is 3.88. The zero-order valence-corrected chi connectivity index (χ0v) is 9.64. The number of benzene rings is 1. The van der Waals surface area contributed by atoms with Crippen LogP contribution in [0.3, 0.4) is 0 Å². The summed E-state index contributed by atoms with van der Waals surface area (Å²) < 4.78 is 27.8. The molecule has 0 bridgehead atoms. The molecule has 2 aromatic rings. The van der Waals surface area contributed by atoms with Crippen LogP contribution in [0.1, 0.15) is 22.8 Å². The molecular weight excluding hydrogens is 256 g/mol. The summed E-state index contributed by atoms with van der Waals surface area (Å²) in [6.45, 7) is 0. The highest BCUT2D eigenvalue weighted by Crippen LogP contribution is 2.40. The second-order valence-electron chi connectivity index (χ2n) is 4.56. The van der Waals surface area contributed by atoms with Gasteiger partial charge in [-0.2, -0.15) is 0 Å². The molecule has 6 heteroatoms. The van der Waals surface area contributed by atoms with Gasteiger partial charge in [0.1, 0.15) is 17.6 Å². The van der Waals surface area contributed by atoms with E-state index in [2.05, 4.69) is 0 Å². The van der Waals surface area contributed by atoms with E-state index >= 15 is 0 Å². The molecular formula is C13H9F2NO3. The van der Waals surface area contributed by atoms with Crippen molar-refractivity contribution in [2.45, 2.75) is 18.6 Å². The summed E-state index contributed by atoms with van der Waals surface area (Å²) in [5.41, 5.74) is -0.895. The van der Waals surface area contributed by atoms with Crippen LogP contribution in [0, 0.1) is 5.82 Å².